The van der Waals surface area contributed by atoms with E-state index >= 15 is 0 Å². The van der Waals surface area contributed by atoms with Crippen LogP contribution >= 0.6 is 0 Å². The Hall–Kier alpha value is -7.78. The van der Waals surface area contributed by atoms with E-state index in [0.717, 1.165) is 84.5 Å². The zero-order valence-corrected chi connectivity index (χ0v) is 41.6. The van der Waals surface area contributed by atoms with Crippen LogP contribution in [0.25, 0.3) is 61.0 Å². The summed E-state index contributed by atoms with van der Waals surface area (Å²) in [5.41, 5.74) is 15.8. The zero-order chi connectivity index (χ0) is 46.5. The second-order valence-corrected chi connectivity index (χ2v) is 18.9. The molecule has 2 aromatic heterocycles. The SMILES string of the molecule is CC(C)(C)N1CN(c2[c-]c(C(c3[c-]c4c(cc3)c3ccccc3n4-c3cc(-c4c(-c5ccccc5)cccc4-c4ccccc4)ccn3)(c3ccccc3)c3ccccc3)ccc2)c2ccccc21.[Pt+2]. The van der Waals surface area contributed by atoms with Crippen LogP contribution in [0.15, 0.2) is 237 Å². The Morgan fingerprint density at radius 3 is 1.67 bits per heavy atom. The van der Waals surface area contributed by atoms with Gasteiger partial charge in [-0.05, 0) is 101 Å². The fourth-order valence-electron chi connectivity index (χ4n) is 10.8. The van der Waals surface area contributed by atoms with Gasteiger partial charge in [0.15, 0.2) is 0 Å². The largest absolute Gasteiger partial charge is 2.00 e. The van der Waals surface area contributed by atoms with E-state index in [0.29, 0.717) is 0 Å². The topological polar surface area (TPSA) is 24.3 Å². The van der Waals surface area contributed by atoms with Gasteiger partial charge in [0.2, 0.25) is 0 Å². The summed E-state index contributed by atoms with van der Waals surface area (Å²) in [5, 5.41) is 2.26. The summed E-state index contributed by atoms with van der Waals surface area (Å²) in [7, 11) is 0. The molecular weight excluding hydrogens is 1030 g/mol. The van der Waals surface area contributed by atoms with Crippen LogP contribution in [0.2, 0.25) is 0 Å². The van der Waals surface area contributed by atoms with Crippen molar-refractivity contribution in [1.82, 2.24) is 9.55 Å². The van der Waals surface area contributed by atoms with E-state index in [1.807, 2.05) is 6.20 Å². The zero-order valence-electron chi connectivity index (χ0n) is 39.3. The molecule has 0 amide bonds. The summed E-state index contributed by atoms with van der Waals surface area (Å²) in [6.45, 7) is 7.57. The fraction of sp³-hybridized carbons (Fsp3) is 0.0923. The first-order valence-corrected chi connectivity index (χ1v) is 23.8. The fourth-order valence-corrected chi connectivity index (χ4v) is 10.8. The molecule has 0 radical (unpaired) electrons. The van der Waals surface area contributed by atoms with Crippen LogP contribution in [0.3, 0.4) is 0 Å². The molecule has 0 fully saturated rings. The van der Waals surface area contributed by atoms with Gasteiger partial charge < -0.3 is 14.4 Å². The van der Waals surface area contributed by atoms with Crippen molar-refractivity contribution in [1.29, 1.82) is 0 Å². The van der Waals surface area contributed by atoms with Crippen molar-refractivity contribution >= 4 is 38.9 Å². The quantitative estimate of drug-likeness (QED) is 0.106. The molecule has 11 aromatic rings. The Bertz CT molecular complexity index is 3540. The van der Waals surface area contributed by atoms with E-state index in [4.69, 9.17) is 4.98 Å². The first-order chi connectivity index (χ1) is 33.9. The molecule has 0 saturated carbocycles. The van der Waals surface area contributed by atoms with Gasteiger partial charge in [-0.2, -0.15) is 36.4 Å². The smallest absolute Gasteiger partial charge is 0.347 e. The third-order valence-corrected chi connectivity index (χ3v) is 13.9. The van der Waals surface area contributed by atoms with Crippen LogP contribution in [-0.4, -0.2) is 21.8 Å². The predicted octanol–water partition coefficient (Wildman–Crippen LogP) is 15.9. The number of benzene rings is 9. The maximum absolute atomic E-state index is 5.20. The molecule has 1 aliphatic heterocycles. The first-order valence-electron chi connectivity index (χ1n) is 23.8. The maximum atomic E-state index is 5.20. The number of nitrogens with zero attached hydrogens (tertiary/aromatic N) is 4. The number of hydrogen-bond acceptors (Lipinski definition) is 3. The van der Waals surface area contributed by atoms with Crippen LogP contribution < -0.4 is 9.80 Å². The number of rotatable bonds is 9. The molecule has 0 bridgehead atoms. The predicted molar refractivity (Wildman–Crippen MR) is 287 cm³/mol. The Morgan fingerprint density at radius 1 is 0.471 bits per heavy atom. The van der Waals surface area contributed by atoms with Crippen molar-refractivity contribution in [3.8, 4) is 39.2 Å². The van der Waals surface area contributed by atoms with E-state index in [-0.39, 0.29) is 26.6 Å². The van der Waals surface area contributed by atoms with E-state index in [9.17, 15) is 0 Å². The summed E-state index contributed by atoms with van der Waals surface area (Å²) in [5.74, 6) is 0.823. The van der Waals surface area contributed by atoms with Crippen molar-refractivity contribution in [3.05, 3.63) is 271 Å². The molecule has 9 aromatic carbocycles. The molecule has 1 aliphatic rings. The Morgan fingerprint density at radius 2 is 1.03 bits per heavy atom. The minimum absolute atomic E-state index is 0. The maximum Gasteiger partial charge on any atom is 2.00 e. The van der Waals surface area contributed by atoms with Crippen molar-refractivity contribution in [2.24, 2.45) is 0 Å². The van der Waals surface area contributed by atoms with Crippen LogP contribution in [-0.2, 0) is 26.5 Å². The van der Waals surface area contributed by atoms with Crippen LogP contribution in [0.1, 0.15) is 43.0 Å². The van der Waals surface area contributed by atoms with Gasteiger partial charge >= 0.3 is 21.1 Å². The molecule has 340 valence electrons. The minimum atomic E-state index is -0.814. The molecular formula is C65H50N4Pt. The van der Waals surface area contributed by atoms with Gasteiger partial charge in [-0.1, -0.05) is 181 Å². The Kier molecular flexibility index (Phi) is 11.7. The van der Waals surface area contributed by atoms with Crippen LogP contribution in [0.5, 0.6) is 0 Å². The molecule has 0 N–H and O–H groups in total. The number of anilines is 3. The summed E-state index contributed by atoms with van der Waals surface area (Å²) in [6.07, 6.45) is 1.96. The molecule has 3 heterocycles. The number of aromatic nitrogens is 2. The summed E-state index contributed by atoms with van der Waals surface area (Å²) in [6, 6.07) is 91.2. The van der Waals surface area contributed by atoms with Gasteiger partial charge in [0, 0.05) is 22.7 Å². The third-order valence-electron chi connectivity index (χ3n) is 13.9. The van der Waals surface area contributed by atoms with Gasteiger partial charge in [-0.15, -0.1) is 22.6 Å². The van der Waals surface area contributed by atoms with E-state index in [1.165, 1.54) is 22.5 Å². The van der Waals surface area contributed by atoms with Gasteiger partial charge in [-0.3, -0.25) is 0 Å². The minimum Gasteiger partial charge on any atom is -0.347 e. The van der Waals surface area contributed by atoms with Gasteiger partial charge in [0.25, 0.3) is 0 Å². The second kappa shape index (κ2) is 18.3. The molecule has 12 rings (SSSR count). The monoisotopic (exact) mass is 1080 g/mol. The van der Waals surface area contributed by atoms with Gasteiger partial charge in [0.1, 0.15) is 5.82 Å². The van der Waals surface area contributed by atoms with Crippen LogP contribution in [0.4, 0.5) is 17.1 Å². The van der Waals surface area contributed by atoms with Crippen molar-refractivity contribution < 1.29 is 21.1 Å². The molecule has 0 saturated heterocycles. The van der Waals surface area contributed by atoms with Gasteiger partial charge in [0.05, 0.1) is 18.0 Å². The van der Waals surface area contributed by atoms with Crippen molar-refractivity contribution in [2.75, 3.05) is 16.5 Å². The number of hydrogen-bond donors (Lipinski definition) is 0. The standard InChI is InChI=1S/C65H50N4.Pt/c1-64(2,3)68-45-67(59-36-18-19-37-60(59)68)53-31-20-30-51(43-53)65(49-26-12-6-13-27-49,50-28-14-7-15-29-50)52-38-39-57-56-32-16-17-35-58(56)69(61(57)44-52)62-42-48(40-41-66-62)63-54(46-22-8-4-9-23-46)33-21-34-55(63)47-24-10-5-11-25-47;/h4-42H,45H2,1-3H3;/q-2;+2. The normalized spacial score (nSPS) is 12.6. The van der Waals surface area contributed by atoms with Crippen LogP contribution in [0, 0.1) is 12.1 Å². The molecule has 0 unspecified atom stereocenters. The van der Waals surface area contributed by atoms with Crippen molar-refractivity contribution in [3.63, 3.8) is 0 Å². The average molecular weight is 1080 g/mol. The van der Waals surface area contributed by atoms with E-state index < -0.39 is 5.41 Å². The molecule has 70 heavy (non-hydrogen) atoms. The molecule has 5 heteroatoms. The van der Waals surface area contributed by atoms with Crippen molar-refractivity contribution in [2.45, 2.75) is 31.7 Å². The first kappa shape index (κ1) is 44.7. The molecule has 0 aliphatic carbocycles. The Labute approximate surface area is 425 Å². The molecule has 0 spiro atoms. The summed E-state index contributed by atoms with van der Waals surface area (Å²) < 4.78 is 2.31. The summed E-state index contributed by atoms with van der Waals surface area (Å²) in [4.78, 5) is 10.1. The molecule has 4 nitrogen and oxygen atoms in total. The number of fused-ring (bicyclic) bond motifs is 4. The summed E-state index contributed by atoms with van der Waals surface area (Å²) >= 11 is 0. The van der Waals surface area contributed by atoms with E-state index in [1.54, 1.807) is 0 Å². The second-order valence-electron chi connectivity index (χ2n) is 18.9. The Balaban J connectivity index is 0.00000533. The average Bonchev–Trinajstić information content (AvgIpc) is 3.97. The number of pyridine rings is 1. The number of para-hydroxylation sites is 3. The van der Waals surface area contributed by atoms with Gasteiger partial charge in [-0.25, -0.2) is 4.98 Å². The van der Waals surface area contributed by atoms with E-state index in [2.05, 4.69) is 278 Å². The third kappa shape index (κ3) is 7.55. The molecule has 0 atom stereocenters.